The van der Waals surface area contributed by atoms with E-state index in [1.165, 1.54) is 6.07 Å². The third-order valence-electron chi connectivity index (χ3n) is 2.99. The van der Waals surface area contributed by atoms with Crippen LogP contribution in [0.25, 0.3) is 0 Å². The molecule has 0 amide bonds. The molecule has 0 aromatic heterocycles. The molecular weight excluding hydrogens is 243 g/mol. The first kappa shape index (κ1) is 12.6. The van der Waals surface area contributed by atoms with Crippen molar-refractivity contribution in [1.82, 2.24) is 5.32 Å². The van der Waals surface area contributed by atoms with Crippen LogP contribution >= 0.6 is 11.6 Å². The maximum atomic E-state index is 13.1. The third kappa shape index (κ3) is 2.89. The van der Waals surface area contributed by atoms with E-state index >= 15 is 0 Å². The number of β-amino-alcohol motifs (C(OH)–C–C–N with tert-alkyl or cyclic N) is 1. The lowest BCUT2D eigenvalue weighted by Crippen LogP contribution is -2.39. The van der Waals surface area contributed by atoms with Crippen LogP contribution in [0.4, 0.5) is 10.1 Å². The molecule has 0 saturated carbocycles. The Morgan fingerprint density at radius 1 is 1.47 bits per heavy atom. The average molecular weight is 259 g/mol. The summed E-state index contributed by atoms with van der Waals surface area (Å²) in [6.07, 6.45) is -0.427. The molecule has 0 radical (unpaired) electrons. The number of rotatable bonds is 1. The summed E-state index contributed by atoms with van der Waals surface area (Å²) in [5, 5.41) is 13.0. The Morgan fingerprint density at radius 3 is 2.94 bits per heavy atom. The fourth-order valence-electron chi connectivity index (χ4n) is 2.06. The van der Waals surface area contributed by atoms with Crippen LogP contribution in [0.3, 0.4) is 0 Å². The zero-order valence-corrected chi connectivity index (χ0v) is 10.4. The van der Waals surface area contributed by atoms with Crippen molar-refractivity contribution in [3.8, 4) is 0 Å². The molecule has 17 heavy (non-hydrogen) atoms. The van der Waals surface area contributed by atoms with Gasteiger partial charge in [-0.15, -0.1) is 0 Å². The summed E-state index contributed by atoms with van der Waals surface area (Å²) in [4.78, 5) is 2.04. The fourth-order valence-corrected chi connectivity index (χ4v) is 2.24. The van der Waals surface area contributed by atoms with Crippen molar-refractivity contribution in [3.63, 3.8) is 0 Å². The maximum Gasteiger partial charge on any atom is 0.141 e. The van der Waals surface area contributed by atoms with E-state index in [1.54, 1.807) is 12.1 Å². The number of aliphatic hydroxyl groups is 1. The minimum absolute atomic E-state index is 0.112. The highest BCUT2D eigenvalue weighted by Crippen LogP contribution is 2.24. The van der Waals surface area contributed by atoms with Crippen LogP contribution in [-0.4, -0.2) is 36.9 Å². The zero-order valence-electron chi connectivity index (χ0n) is 9.66. The summed E-state index contributed by atoms with van der Waals surface area (Å²) < 4.78 is 13.1. The van der Waals surface area contributed by atoms with E-state index in [9.17, 15) is 9.50 Å². The second-order valence-corrected chi connectivity index (χ2v) is 4.82. The van der Waals surface area contributed by atoms with Crippen molar-refractivity contribution in [1.29, 1.82) is 0 Å². The number of nitrogens with one attached hydrogen (secondary N) is 1. The number of benzene rings is 1. The Morgan fingerprint density at radius 2 is 2.24 bits per heavy atom. The van der Waals surface area contributed by atoms with Gasteiger partial charge in [-0.1, -0.05) is 11.6 Å². The highest BCUT2D eigenvalue weighted by atomic mass is 35.5. The predicted octanol–water partition coefficient (Wildman–Crippen LogP) is 1.64. The Kier molecular flexibility index (Phi) is 3.86. The van der Waals surface area contributed by atoms with Crippen LogP contribution < -0.4 is 10.2 Å². The third-order valence-corrected chi connectivity index (χ3v) is 3.28. The van der Waals surface area contributed by atoms with Gasteiger partial charge in [0.05, 0.1) is 11.1 Å². The van der Waals surface area contributed by atoms with Crippen molar-refractivity contribution in [3.05, 3.63) is 29.0 Å². The minimum atomic E-state index is -0.427. The average Bonchev–Trinajstić information content (AvgIpc) is 2.45. The summed E-state index contributed by atoms with van der Waals surface area (Å²) in [6.45, 7) is 3.94. The molecule has 3 nitrogen and oxygen atoms in total. The number of aliphatic hydroxyl groups excluding tert-OH is 1. The quantitative estimate of drug-likeness (QED) is 0.804. The second-order valence-electron chi connectivity index (χ2n) is 4.41. The van der Waals surface area contributed by atoms with Gasteiger partial charge >= 0.3 is 0 Å². The molecule has 2 atom stereocenters. The van der Waals surface area contributed by atoms with Crippen LogP contribution in [0.5, 0.6) is 0 Å². The van der Waals surface area contributed by atoms with Gasteiger partial charge in [-0.2, -0.15) is 0 Å². The highest BCUT2D eigenvalue weighted by molar-refractivity contribution is 6.31. The van der Waals surface area contributed by atoms with Crippen molar-refractivity contribution in [2.45, 2.75) is 19.1 Å². The summed E-state index contributed by atoms with van der Waals surface area (Å²) in [7, 11) is 0. The van der Waals surface area contributed by atoms with Crippen LogP contribution in [0.15, 0.2) is 18.2 Å². The Bertz CT molecular complexity index is 402. The van der Waals surface area contributed by atoms with Gasteiger partial charge in [0.25, 0.3) is 0 Å². The van der Waals surface area contributed by atoms with Crippen molar-refractivity contribution >= 4 is 17.3 Å². The van der Waals surface area contributed by atoms with E-state index in [0.29, 0.717) is 13.1 Å². The molecule has 1 saturated heterocycles. The van der Waals surface area contributed by atoms with Crippen LogP contribution in [0.2, 0.25) is 5.02 Å². The molecule has 94 valence electrons. The van der Waals surface area contributed by atoms with E-state index in [1.807, 2.05) is 4.90 Å². The summed E-state index contributed by atoms with van der Waals surface area (Å²) in [6, 6.07) is 4.88. The monoisotopic (exact) mass is 258 g/mol. The molecule has 2 rings (SSSR count). The molecule has 1 aromatic carbocycles. The normalized spacial score (nSPS) is 25.8. The molecule has 1 aliphatic rings. The number of hydrogen-bond donors (Lipinski definition) is 2. The molecule has 0 aliphatic carbocycles. The zero-order chi connectivity index (χ0) is 12.4. The smallest absolute Gasteiger partial charge is 0.141 e. The maximum absolute atomic E-state index is 13.1. The molecule has 1 fully saturated rings. The molecular formula is C12H16ClFN2O. The predicted molar refractivity (Wildman–Crippen MR) is 67.1 cm³/mol. The van der Waals surface area contributed by atoms with Gasteiger partial charge in [0, 0.05) is 31.4 Å². The van der Waals surface area contributed by atoms with E-state index in [0.717, 1.165) is 12.2 Å². The Labute approximate surface area is 105 Å². The Hall–Kier alpha value is -0.840. The molecule has 2 unspecified atom stereocenters. The lowest BCUT2D eigenvalue weighted by molar-refractivity contribution is 0.184. The Balaban J connectivity index is 2.26. The summed E-state index contributed by atoms with van der Waals surface area (Å²) in [5.74, 6) is -0.420. The SMILES string of the molecule is CC1CNCC(O)CN1c1ccc(F)c(Cl)c1. The first-order valence-electron chi connectivity index (χ1n) is 5.68. The van der Waals surface area contributed by atoms with Crippen molar-refractivity contribution < 1.29 is 9.50 Å². The second kappa shape index (κ2) is 5.21. The number of anilines is 1. The fraction of sp³-hybridized carbons (Fsp3) is 0.500. The first-order chi connectivity index (χ1) is 8.08. The molecule has 1 heterocycles. The van der Waals surface area contributed by atoms with Gasteiger partial charge in [0.15, 0.2) is 0 Å². The van der Waals surface area contributed by atoms with Crippen molar-refractivity contribution in [2.75, 3.05) is 24.5 Å². The molecule has 1 aliphatic heterocycles. The summed E-state index contributed by atoms with van der Waals surface area (Å²) in [5.41, 5.74) is 0.839. The molecule has 0 spiro atoms. The number of hydrogen-bond acceptors (Lipinski definition) is 3. The van der Waals surface area contributed by atoms with E-state index in [4.69, 9.17) is 11.6 Å². The van der Waals surface area contributed by atoms with Crippen molar-refractivity contribution in [2.24, 2.45) is 0 Å². The van der Waals surface area contributed by atoms with Gasteiger partial charge in [-0.3, -0.25) is 0 Å². The highest BCUT2D eigenvalue weighted by Gasteiger charge is 2.22. The van der Waals surface area contributed by atoms with Crippen LogP contribution in [-0.2, 0) is 0 Å². The number of halogens is 2. The lowest BCUT2D eigenvalue weighted by atomic mass is 10.2. The lowest BCUT2D eigenvalue weighted by Gasteiger charge is -2.30. The van der Waals surface area contributed by atoms with Gasteiger partial charge in [0.1, 0.15) is 5.82 Å². The van der Waals surface area contributed by atoms with Crippen LogP contribution in [0.1, 0.15) is 6.92 Å². The molecule has 5 heteroatoms. The molecule has 1 aromatic rings. The van der Waals surface area contributed by atoms with Gasteiger partial charge in [-0.25, -0.2) is 4.39 Å². The van der Waals surface area contributed by atoms with E-state index in [-0.39, 0.29) is 11.1 Å². The van der Waals surface area contributed by atoms with Gasteiger partial charge in [0.2, 0.25) is 0 Å². The van der Waals surface area contributed by atoms with Gasteiger partial charge < -0.3 is 15.3 Å². The van der Waals surface area contributed by atoms with Crippen LogP contribution in [0, 0.1) is 5.82 Å². The summed E-state index contributed by atoms with van der Waals surface area (Å²) >= 11 is 5.78. The topological polar surface area (TPSA) is 35.5 Å². The van der Waals surface area contributed by atoms with Gasteiger partial charge in [-0.05, 0) is 25.1 Å². The van der Waals surface area contributed by atoms with E-state index in [2.05, 4.69) is 12.2 Å². The number of nitrogens with zero attached hydrogens (tertiary/aromatic N) is 1. The molecule has 2 N–H and O–H groups in total. The minimum Gasteiger partial charge on any atom is -0.390 e. The standard InChI is InChI=1S/C12H16ClFN2O/c1-8-5-15-6-10(17)7-16(8)9-2-3-12(14)11(13)4-9/h2-4,8,10,15,17H,5-7H2,1H3. The van der Waals surface area contributed by atoms with E-state index < -0.39 is 11.9 Å². The first-order valence-corrected chi connectivity index (χ1v) is 6.06. The molecule has 0 bridgehead atoms. The largest absolute Gasteiger partial charge is 0.390 e.